The molecule has 1 aromatic heterocycles. The molecule has 2 unspecified atom stereocenters. The van der Waals surface area contributed by atoms with Gasteiger partial charge in [-0.05, 0) is 12.8 Å². The van der Waals surface area contributed by atoms with Crippen LogP contribution in [-0.4, -0.2) is 27.2 Å². The Balaban J connectivity index is 2.13. The first-order valence-corrected chi connectivity index (χ1v) is 7.15. The molecule has 4 N–H and O–H groups in total. The lowest BCUT2D eigenvalue weighted by molar-refractivity contribution is 0.144. The van der Waals surface area contributed by atoms with Gasteiger partial charge in [-0.15, -0.1) is 0 Å². The number of aromatic nitrogens is 2. The number of aliphatic hydroxyl groups excluding tert-OH is 1. The summed E-state index contributed by atoms with van der Waals surface area (Å²) in [5.74, 6) is 2.18. The third kappa shape index (κ3) is 3.80. The van der Waals surface area contributed by atoms with E-state index in [1.165, 1.54) is 6.42 Å². The number of nitrogen functional groups attached to an aromatic ring is 1. The van der Waals surface area contributed by atoms with Gasteiger partial charge in [0.25, 0.3) is 0 Å². The fraction of sp³-hybridized carbons (Fsp3) is 0.714. The number of nitrogens with zero attached hydrogens (tertiary/aromatic N) is 2. The molecule has 0 bridgehead atoms. The quantitative estimate of drug-likeness (QED) is 0.729. The van der Waals surface area contributed by atoms with E-state index < -0.39 is 0 Å². The van der Waals surface area contributed by atoms with E-state index in [2.05, 4.69) is 15.3 Å². The standard InChI is InChI=1S/C14H24N4O/c1-9(2)14-17-12(15)8-13(18-14)16-10-6-4-3-5-7-11(10)19/h8-11,19H,3-7H2,1-2H3,(H3,15,16,17,18). The van der Waals surface area contributed by atoms with E-state index in [4.69, 9.17) is 5.73 Å². The molecule has 106 valence electrons. The lowest BCUT2D eigenvalue weighted by Crippen LogP contribution is -2.33. The summed E-state index contributed by atoms with van der Waals surface area (Å²) >= 11 is 0. The predicted molar refractivity (Wildman–Crippen MR) is 77.0 cm³/mol. The van der Waals surface area contributed by atoms with E-state index in [0.29, 0.717) is 5.82 Å². The fourth-order valence-corrected chi connectivity index (χ4v) is 2.46. The molecule has 1 aliphatic rings. The smallest absolute Gasteiger partial charge is 0.135 e. The van der Waals surface area contributed by atoms with Crippen molar-refractivity contribution in [2.75, 3.05) is 11.1 Å². The van der Waals surface area contributed by atoms with Crippen molar-refractivity contribution in [2.24, 2.45) is 0 Å². The first-order valence-electron chi connectivity index (χ1n) is 7.15. The second-order valence-electron chi connectivity index (χ2n) is 5.65. The zero-order chi connectivity index (χ0) is 13.8. The summed E-state index contributed by atoms with van der Waals surface area (Å²) in [5.41, 5.74) is 5.81. The number of aliphatic hydroxyl groups is 1. The molecular weight excluding hydrogens is 240 g/mol. The minimum absolute atomic E-state index is 0.0665. The van der Waals surface area contributed by atoms with Gasteiger partial charge in [0.2, 0.25) is 0 Å². The summed E-state index contributed by atoms with van der Waals surface area (Å²) < 4.78 is 0. The van der Waals surface area contributed by atoms with Crippen LogP contribution in [0.4, 0.5) is 11.6 Å². The molecule has 0 radical (unpaired) electrons. The normalized spacial score (nSPS) is 24.2. The third-order valence-electron chi connectivity index (χ3n) is 3.59. The molecular formula is C14H24N4O. The van der Waals surface area contributed by atoms with Crippen molar-refractivity contribution >= 4 is 11.6 Å². The molecule has 2 rings (SSSR count). The molecule has 0 amide bonds. The van der Waals surface area contributed by atoms with E-state index >= 15 is 0 Å². The van der Waals surface area contributed by atoms with Gasteiger partial charge in [-0.25, -0.2) is 9.97 Å². The maximum absolute atomic E-state index is 10.1. The number of nitrogens with two attached hydrogens (primary N) is 1. The van der Waals surface area contributed by atoms with Crippen LogP contribution in [0.2, 0.25) is 0 Å². The zero-order valence-corrected chi connectivity index (χ0v) is 11.8. The molecule has 1 heterocycles. The Morgan fingerprint density at radius 1 is 1.26 bits per heavy atom. The van der Waals surface area contributed by atoms with Crippen molar-refractivity contribution in [3.63, 3.8) is 0 Å². The van der Waals surface area contributed by atoms with Crippen LogP contribution >= 0.6 is 0 Å². The molecule has 0 aromatic carbocycles. The predicted octanol–water partition coefficient (Wildman–Crippen LogP) is 2.29. The molecule has 19 heavy (non-hydrogen) atoms. The first kappa shape index (κ1) is 14.1. The van der Waals surface area contributed by atoms with Crippen molar-refractivity contribution in [2.45, 2.75) is 64.0 Å². The van der Waals surface area contributed by atoms with Gasteiger partial charge in [-0.3, -0.25) is 0 Å². The van der Waals surface area contributed by atoms with Crippen LogP contribution in [0, 0.1) is 0 Å². The van der Waals surface area contributed by atoms with Gasteiger partial charge in [0.15, 0.2) is 0 Å². The number of hydrogen-bond donors (Lipinski definition) is 3. The van der Waals surface area contributed by atoms with E-state index in [1.54, 1.807) is 6.07 Å². The summed E-state index contributed by atoms with van der Waals surface area (Å²) in [6.45, 7) is 4.08. The highest BCUT2D eigenvalue weighted by molar-refractivity contribution is 5.45. The van der Waals surface area contributed by atoms with Crippen LogP contribution in [-0.2, 0) is 0 Å². The largest absolute Gasteiger partial charge is 0.391 e. The van der Waals surface area contributed by atoms with Crippen molar-refractivity contribution in [1.82, 2.24) is 9.97 Å². The summed E-state index contributed by atoms with van der Waals surface area (Å²) in [6, 6.07) is 1.81. The second kappa shape index (κ2) is 6.19. The Hall–Kier alpha value is -1.36. The Morgan fingerprint density at radius 3 is 2.74 bits per heavy atom. The fourth-order valence-electron chi connectivity index (χ4n) is 2.46. The summed E-state index contributed by atoms with van der Waals surface area (Å²) in [7, 11) is 0. The second-order valence-corrected chi connectivity index (χ2v) is 5.65. The SMILES string of the molecule is CC(C)c1nc(N)cc(NC2CCCCCC2O)n1. The van der Waals surface area contributed by atoms with Crippen molar-refractivity contribution in [1.29, 1.82) is 0 Å². The average Bonchev–Trinajstić information content (AvgIpc) is 2.54. The lowest BCUT2D eigenvalue weighted by atomic mass is 10.1. The van der Waals surface area contributed by atoms with Crippen LogP contribution in [0.15, 0.2) is 6.07 Å². The minimum atomic E-state index is -0.304. The lowest BCUT2D eigenvalue weighted by Gasteiger charge is -2.22. The molecule has 0 saturated heterocycles. The molecule has 0 aliphatic heterocycles. The minimum Gasteiger partial charge on any atom is -0.391 e. The van der Waals surface area contributed by atoms with E-state index in [-0.39, 0.29) is 18.1 Å². The molecule has 5 nitrogen and oxygen atoms in total. The first-order chi connectivity index (χ1) is 9.06. The average molecular weight is 264 g/mol. The van der Waals surface area contributed by atoms with Gasteiger partial charge in [0.1, 0.15) is 17.5 Å². The number of nitrogens with one attached hydrogen (secondary N) is 1. The molecule has 1 aliphatic carbocycles. The van der Waals surface area contributed by atoms with E-state index in [1.807, 2.05) is 13.8 Å². The zero-order valence-electron chi connectivity index (χ0n) is 11.8. The molecule has 1 fully saturated rings. The van der Waals surface area contributed by atoms with Crippen molar-refractivity contribution < 1.29 is 5.11 Å². The van der Waals surface area contributed by atoms with E-state index in [9.17, 15) is 5.11 Å². The summed E-state index contributed by atoms with van der Waals surface area (Å²) in [4.78, 5) is 8.71. The topological polar surface area (TPSA) is 84.1 Å². The Bertz CT molecular complexity index is 422. The maximum Gasteiger partial charge on any atom is 0.135 e. The van der Waals surface area contributed by atoms with Crippen molar-refractivity contribution in [3.05, 3.63) is 11.9 Å². The molecule has 0 spiro atoms. The number of hydrogen-bond acceptors (Lipinski definition) is 5. The van der Waals surface area contributed by atoms with E-state index in [0.717, 1.165) is 37.3 Å². The molecule has 1 aromatic rings. The van der Waals surface area contributed by atoms with Gasteiger partial charge in [-0.1, -0.05) is 33.1 Å². The highest BCUT2D eigenvalue weighted by Gasteiger charge is 2.22. The van der Waals surface area contributed by atoms with Gasteiger partial charge in [0.05, 0.1) is 12.1 Å². The maximum atomic E-state index is 10.1. The highest BCUT2D eigenvalue weighted by Crippen LogP contribution is 2.22. The monoisotopic (exact) mass is 264 g/mol. The summed E-state index contributed by atoms with van der Waals surface area (Å²) in [5, 5.41) is 13.4. The Morgan fingerprint density at radius 2 is 2.00 bits per heavy atom. The Kier molecular flexibility index (Phi) is 4.58. The molecule has 1 saturated carbocycles. The summed E-state index contributed by atoms with van der Waals surface area (Å²) in [6.07, 6.45) is 4.96. The molecule has 2 atom stereocenters. The van der Waals surface area contributed by atoms with Crippen LogP contribution in [0.1, 0.15) is 57.7 Å². The van der Waals surface area contributed by atoms with Crippen LogP contribution < -0.4 is 11.1 Å². The van der Waals surface area contributed by atoms with Gasteiger partial charge < -0.3 is 16.2 Å². The number of rotatable bonds is 3. The number of anilines is 2. The Labute approximate surface area is 114 Å². The van der Waals surface area contributed by atoms with Crippen LogP contribution in [0.5, 0.6) is 0 Å². The van der Waals surface area contributed by atoms with Gasteiger partial charge >= 0.3 is 0 Å². The van der Waals surface area contributed by atoms with Crippen LogP contribution in [0.3, 0.4) is 0 Å². The van der Waals surface area contributed by atoms with Crippen LogP contribution in [0.25, 0.3) is 0 Å². The third-order valence-corrected chi connectivity index (χ3v) is 3.59. The van der Waals surface area contributed by atoms with Gasteiger partial charge in [-0.2, -0.15) is 0 Å². The molecule has 5 heteroatoms. The highest BCUT2D eigenvalue weighted by atomic mass is 16.3. The van der Waals surface area contributed by atoms with Gasteiger partial charge in [0, 0.05) is 12.0 Å². The van der Waals surface area contributed by atoms with Crippen molar-refractivity contribution in [3.8, 4) is 0 Å².